The molecule has 5 nitrogen and oxygen atoms in total. The Labute approximate surface area is 169 Å². The third-order valence-electron chi connectivity index (χ3n) is 4.24. The molecule has 0 fully saturated rings. The van der Waals surface area contributed by atoms with Crippen molar-refractivity contribution in [3.05, 3.63) is 83.8 Å². The van der Waals surface area contributed by atoms with Gasteiger partial charge in [-0.2, -0.15) is 0 Å². The van der Waals surface area contributed by atoms with E-state index in [-0.39, 0.29) is 5.69 Å². The number of aromatic nitrogens is 2. The molecular formula is C21H13ClF2N4O. The summed E-state index contributed by atoms with van der Waals surface area (Å²) in [5.74, 6) is -1.62. The number of rotatable bonds is 3. The van der Waals surface area contributed by atoms with Gasteiger partial charge < -0.3 is 10.6 Å². The zero-order valence-corrected chi connectivity index (χ0v) is 15.5. The highest BCUT2D eigenvalue weighted by molar-refractivity contribution is 6.34. The lowest BCUT2D eigenvalue weighted by Gasteiger charge is -2.15. The average Bonchev–Trinajstić information content (AvgIpc) is 2.71. The lowest BCUT2D eigenvalue weighted by atomic mass is 10.0. The molecule has 0 aliphatic rings. The second-order valence-corrected chi connectivity index (χ2v) is 6.53. The van der Waals surface area contributed by atoms with Gasteiger partial charge in [-0.3, -0.25) is 9.97 Å². The first-order valence-electron chi connectivity index (χ1n) is 8.53. The number of urea groups is 1. The fourth-order valence-corrected chi connectivity index (χ4v) is 3.18. The summed E-state index contributed by atoms with van der Waals surface area (Å²) >= 11 is 6.38. The SMILES string of the molecule is O=C(Nc1ccc(F)cc1F)Nc1cnc2ccncc2c1-c1ccccc1Cl. The smallest absolute Gasteiger partial charge is 0.306 e. The van der Waals surface area contributed by atoms with Gasteiger partial charge >= 0.3 is 6.03 Å². The molecule has 0 saturated heterocycles. The van der Waals surface area contributed by atoms with Gasteiger partial charge in [-0.25, -0.2) is 13.6 Å². The van der Waals surface area contributed by atoms with E-state index in [2.05, 4.69) is 20.6 Å². The summed E-state index contributed by atoms with van der Waals surface area (Å²) < 4.78 is 26.9. The van der Waals surface area contributed by atoms with Crippen molar-refractivity contribution in [2.45, 2.75) is 0 Å². The van der Waals surface area contributed by atoms with E-state index in [0.717, 1.165) is 12.1 Å². The van der Waals surface area contributed by atoms with Gasteiger partial charge in [0.25, 0.3) is 0 Å². The Kier molecular flexibility index (Phi) is 5.05. The van der Waals surface area contributed by atoms with E-state index in [4.69, 9.17) is 11.6 Å². The first-order chi connectivity index (χ1) is 14.0. The van der Waals surface area contributed by atoms with Crippen LogP contribution in [0.4, 0.5) is 25.0 Å². The van der Waals surface area contributed by atoms with Crippen LogP contribution in [0.25, 0.3) is 22.0 Å². The third kappa shape index (κ3) is 3.86. The van der Waals surface area contributed by atoms with Gasteiger partial charge in [-0.05, 0) is 24.3 Å². The van der Waals surface area contributed by atoms with Crippen LogP contribution in [-0.2, 0) is 0 Å². The Morgan fingerprint density at radius 1 is 0.966 bits per heavy atom. The first kappa shape index (κ1) is 18.8. The topological polar surface area (TPSA) is 66.9 Å². The Morgan fingerprint density at radius 2 is 1.76 bits per heavy atom. The maximum atomic E-state index is 13.8. The van der Waals surface area contributed by atoms with Crippen molar-refractivity contribution in [1.29, 1.82) is 0 Å². The third-order valence-corrected chi connectivity index (χ3v) is 4.57. The minimum atomic E-state index is -0.882. The molecule has 0 aliphatic carbocycles. The van der Waals surface area contributed by atoms with Crippen LogP contribution in [0.3, 0.4) is 0 Å². The van der Waals surface area contributed by atoms with Gasteiger partial charge in [0.05, 0.1) is 23.1 Å². The van der Waals surface area contributed by atoms with Crippen LogP contribution in [0, 0.1) is 11.6 Å². The van der Waals surface area contributed by atoms with E-state index >= 15 is 0 Å². The Morgan fingerprint density at radius 3 is 2.55 bits per heavy atom. The number of fused-ring (bicyclic) bond motifs is 1. The van der Waals surface area contributed by atoms with Gasteiger partial charge in [0.2, 0.25) is 0 Å². The van der Waals surface area contributed by atoms with Gasteiger partial charge in [-0.1, -0.05) is 29.8 Å². The lowest BCUT2D eigenvalue weighted by molar-refractivity contribution is 0.262. The standard InChI is InChI=1S/C21H13ClF2N4O/c22-15-4-2-1-3-13(15)20-14-10-25-8-7-17(14)26-11-19(20)28-21(29)27-18-6-5-12(23)9-16(18)24/h1-11H,(H2,27,28,29). The molecular weight excluding hydrogens is 398 g/mol. The van der Waals surface area contributed by atoms with Crippen molar-refractivity contribution in [3.8, 4) is 11.1 Å². The number of carbonyl (C=O) groups is 1. The maximum absolute atomic E-state index is 13.8. The molecule has 0 atom stereocenters. The number of carbonyl (C=O) groups excluding carboxylic acids is 1. The molecule has 0 spiro atoms. The van der Waals surface area contributed by atoms with Crippen molar-refractivity contribution < 1.29 is 13.6 Å². The molecule has 2 heterocycles. The number of nitrogens with zero attached hydrogens (tertiary/aromatic N) is 2. The zero-order valence-electron chi connectivity index (χ0n) is 14.8. The summed E-state index contributed by atoms with van der Waals surface area (Å²) in [4.78, 5) is 20.9. The molecule has 0 saturated carbocycles. The van der Waals surface area contributed by atoms with Crippen molar-refractivity contribution >= 4 is 39.9 Å². The molecule has 0 unspecified atom stereocenters. The fourth-order valence-electron chi connectivity index (χ4n) is 2.95. The molecule has 29 heavy (non-hydrogen) atoms. The van der Waals surface area contributed by atoms with E-state index in [1.807, 2.05) is 12.1 Å². The minimum Gasteiger partial charge on any atom is -0.306 e. The predicted octanol–water partition coefficient (Wildman–Crippen LogP) is 5.87. The van der Waals surface area contributed by atoms with Crippen molar-refractivity contribution in [2.75, 3.05) is 10.6 Å². The number of hydrogen-bond donors (Lipinski definition) is 2. The summed E-state index contributed by atoms with van der Waals surface area (Å²) in [7, 11) is 0. The average molecular weight is 411 g/mol. The van der Waals surface area contributed by atoms with Gasteiger partial charge in [0.15, 0.2) is 0 Å². The quantitative estimate of drug-likeness (QED) is 0.443. The van der Waals surface area contributed by atoms with E-state index in [0.29, 0.717) is 38.8 Å². The molecule has 4 rings (SSSR count). The number of amides is 2. The van der Waals surface area contributed by atoms with Crippen LogP contribution in [0.5, 0.6) is 0 Å². The number of nitrogens with one attached hydrogen (secondary N) is 2. The molecule has 2 aromatic heterocycles. The van der Waals surface area contributed by atoms with Crippen LogP contribution >= 0.6 is 11.6 Å². The van der Waals surface area contributed by atoms with E-state index in [9.17, 15) is 13.6 Å². The maximum Gasteiger partial charge on any atom is 0.323 e. The molecule has 2 amide bonds. The van der Waals surface area contributed by atoms with Crippen LogP contribution in [0.1, 0.15) is 0 Å². The summed E-state index contributed by atoms with van der Waals surface area (Å²) in [6.07, 6.45) is 4.73. The first-order valence-corrected chi connectivity index (χ1v) is 8.91. The summed E-state index contributed by atoms with van der Waals surface area (Å²) in [6.45, 7) is 0. The van der Waals surface area contributed by atoms with Crippen LogP contribution in [-0.4, -0.2) is 16.0 Å². The second-order valence-electron chi connectivity index (χ2n) is 6.12. The highest BCUT2D eigenvalue weighted by atomic mass is 35.5. The Hall–Kier alpha value is -3.58. The van der Waals surface area contributed by atoms with Crippen LogP contribution < -0.4 is 10.6 Å². The fraction of sp³-hybridized carbons (Fsp3) is 0. The minimum absolute atomic E-state index is 0.154. The molecule has 0 radical (unpaired) electrons. The van der Waals surface area contributed by atoms with E-state index in [1.165, 1.54) is 6.20 Å². The zero-order chi connectivity index (χ0) is 20.4. The Bertz CT molecular complexity index is 1230. The molecule has 144 valence electrons. The monoisotopic (exact) mass is 410 g/mol. The Balaban J connectivity index is 1.75. The van der Waals surface area contributed by atoms with Crippen LogP contribution in [0.15, 0.2) is 67.1 Å². The van der Waals surface area contributed by atoms with Crippen molar-refractivity contribution in [3.63, 3.8) is 0 Å². The molecule has 0 aliphatic heterocycles. The van der Waals surface area contributed by atoms with Gasteiger partial charge in [0.1, 0.15) is 11.6 Å². The highest BCUT2D eigenvalue weighted by Gasteiger charge is 2.16. The number of anilines is 2. The van der Waals surface area contributed by atoms with Gasteiger partial charge in [-0.15, -0.1) is 0 Å². The van der Waals surface area contributed by atoms with E-state index < -0.39 is 17.7 Å². The summed E-state index contributed by atoms with van der Waals surface area (Å²) in [5.41, 5.74) is 2.18. The molecule has 4 aromatic rings. The summed E-state index contributed by atoms with van der Waals surface area (Å²) in [6, 6.07) is 11.1. The van der Waals surface area contributed by atoms with Gasteiger partial charge in [0, 0.05) is 40.0 Å². The number of pyridine rings is 2. The van der Waals surface area contributed by atoms with Crippen molar-refractivity contribution in [1.82, 2.24) is 9.97 Å². The van der Waals surface area contributed by atoms with Crippen molar-refractivity contribution in [2.24, 2.45) is 0 Å². The molecule has 8 heteroatoms. The number of halogens is 3. The van der Waals surface area contributed by atoms with Crippen LogP contribution in [0.2, 0.25) is 5.02 Å². The predicted molar refractivity (Wildman–Crippen MR) is 109 cm³/mol. The highest BCUT2D eigenvalue weighted by Crippen LogP contribution is 2.37. The normalized spacial score (nSPS) is 10.7. The largest absolute Gasteiger partial charge is 0.323 e. The number of benzene rings is 2. The molecule has 2 N–H and O–H groups in total. The van der Waals surface area contributed by atoms with E-state index in [1.54, 1.807) is 30.6 Å². The molecule has 2 aromatic carbocycles. The molecule has 0 bridgehead atoms. The number of hydrogen-bond acceptors (Lipinski definition) is 3. The lowest BCUT2D eigenvalue weighted by Crippen LogP contribution is -2.20. The second kappa shape index (κ2) is 7.81. The summed E-state index contributed by atoms with van der Waals surface area (Å²) in [5, 5.41) is 6.19.